The van der Waals surface area contributed by atoms with Crippen LogP contribution in [-0.2, 0) is 0 Å². The first-order valence-electron chi connectivity index (χ1n) is 3.52. The maximum absolute atomic E-state index is 7.58. The van der Waals surface area contributed by atoms with Gasteiger partial charge in [0, 0.05) is 20.1 Å². The molecule has 0 atom stereocenters. The van der Waals surface area contributed by atoms with E-state index >= 15 is 0 Å². The smallest absolute Gasteiger partial charge is 0.156 e. The molecular formula is C8H5Br2N3. The number of halogens is 2. The third-order valence-corrected chi connectivity index (χ3v) is 3.86. The third kappa shape index (κ3) is 1.23. The van der Waals surface area contributed by atoms with Gasteiger partial charge in [0.05, 0.1) is 0 Å². The van der Waals surface area contributed by atoms with Gasteiger partial charge in [-0.1, -0.05) is 0 Å². The molecule has 1 aliphatic rings. The fourth-order valence-electron chi connectivity index (χ4n) is 1.23. The predicted molar refractivity (Wildman–Crippen MR) is 59.4 cm³/mol. The van der Waals surface area contributed by atoms with Crippen LogP contribution in [0.15, 0.2) is 26.1 Å². The minimum atomic E-state index is 0.209. The summed E-state index contributed by atoms with van der Waals surface area (Å²) in [5.74, 6) is 0.619. The molecule has 0 fully saturated rings. The van der Waals surface area contributed by atoms with Gasteiger partial charge in [0.1, 0.15) is 5.84 Å². The molecule has 1 heterocycles. The first kappa shape index (κ1) is 8.90. The van der Waals surface area contributed by atoms with Gasteiger partial charge < -0.3 is 5.73 Å². The zero-order valence-corrected chi connectivity index (χ0v) is 9.61. The topological polar surface area (TPSA) is 62.2 Å². The summed E-state index contributed by atoms with van der Waals surface area (Å²) in [4.78, 5) is 3.89. The number of hydrogen-bond donors (Lipinski definition) is 2. The highest BCUT2D eigenvalue weighted by atomic mass is 79.9. The van der Waals surface area contributed by atoms with Crippen LogP contribution in [0.4, 0.5) is 0 Å². The fraction of sp³-hybridized carbons (Fsp3) is 0. The molecule has 5 heteroatoms. The second-order valence-corrected chi connectivity index (χ2v) is 4.28. The summed E-state index contributed by atoms with van der Waals surface area (Å²) in [6.07, 6.45) is 0. The molecule has 1 aliphatic heterocycles. The maximum Gasteiger partial charge on any atom is 0.156 e. The lowest BCUT2D eigenvalue weighted by atomic mass is 10.1. The fourth-order valence-corrected chi connectivity index (χ4v) is 2.10. The van der Waals surface area contributed by atoms with Crippen molar-refractivity contribution in [2.24, 2.45) is 10.7 Å². The lowest BCUT2D eigenvalue weighted by Gasteiger charge is -2.03. The molecule has 0 unspecified atom stereocenters. The van der Waals surface area contributed by atoms with Crippen molar-refractivity contribution in [1.29, 1.82) is 5.41 Å². The molecule has 13 heavy (non-hydrogen) atoms. The van der Waals surface area contributed by atoms with E-state index in [2.05, 4.69) is 36.9 Å². The van der Waals surface area contributed by atoms with E-state index in [1.165, 1.54) is 0 Å². The van der Waals surface area contributed by atoms with Gasteiger partial charge in [-0.15, -0.1) is 0 Å². The van der Waals surface area contributed by atoms with Crippen LogP contribution in [0, 0.1) is 5.41 Å². The van der Waals surface area contributed by atoms with E-state index < -0.39 is 0 Å². The maximum atomic E-state index is 7.58. The molecule has 0 aromatic heterocycles. The van der Waals surface area contributed by atoms with Crippen LogP contribution in [0.1, 0.15) is 11.1 Å². The quantitative estimate of drug-likeness (QED) is 0.758. The Bertz CT molecular complexity index is 437. The molecule has 3 nitrogen and oxygen atoms in total. The monoisotopic (exact) mass is 301 g/mol. The normalized spacial score (nSPS) is 14.3. The number of rotatable bonds is 0. The summed E-state index contributed by atoms with van der Waals surface area (Å²) < 4.78 is 1.74. The molecular weight excluding hydrogens is 298 g/mol. The zero-order chi connectivity index (χ0) is 9.59. The van der Waals surface area contributed by atoms with Crippen LogP contribution in [-0.4, -0.2) is 11.7 Å². The van der Waals surface area contributed by atoms with E-state index in [-0.39, 0.29) is 5.84 Å². The van der Waals surface area contributed by atoms with E-state index in [9.17, 15) is 0 Å². The zero-order valence-electron chi connectivity index (χ0n) is 6.44. The van der Waals surface area contributed by atoms with E-state index in [1.54, 1.807) is 0 Å². The van der Waals surface area contributed by atoms with Gasteiger partial charge >= 0.3 is 0 Å². The van der Waals surface area contributed by atoms with Gasteiger partial charge in [-0.2, -0.15) is 0 Å². The molecule has 1 aromatic carbocycles. The molecule has 3 N–H and O–H groups in total. The Morgan fingerprint density at radius 1 is 1.31 bits per heavy atom. The summed E-state index contributed by atoms with van der Waals surface area (Å²) >= 11 is 6.74. The summed E-state index contributed by atoms with van der Waals surface area (Å²) in [7, 11) is 0. The van der Waals surface area contributed by atoms with Crippen molar-refractivity contribution < 1.29 is 0 Å². The van der Waals surface area contributed by atoms with Crippen molar-refractivity contribution in [3.8, 4) is 0 Å². The van der Waals surface area contributed by atoms with Crippen LogP contribution in [0.25, 0.3) is 0 Å². The van der Waals surface area contributed by atoms with Crippen molar-refractivity contribution in [1.82, 2.24) is 0 Å². The van der Waals surface area contributed by atoms with Gasteiger partial charge in [-0.25, -0.2) is 4.99 Å². The Balaban J connectivity index is 2.77. The van der Waals surface area contributed by atoms with Gasteiger partial charge in [0.25, 0.3) is 0 Å². The first-order chi connectivity index (χ1) is 6.11. The molecule has 1 aromatic rings. The summed E-state index contributed by atoms with van der Waals surface area (Å²) in [6, 6.07) is 3.73. The highest BCUT2D eigenvalue weighted by molar-refractivity contribution is 9.13. The molecule has 0 bridgehead atoms. The number of benzene rings is 1. The van der Waals surface area contributed by atoms with Crippen molar-refractivity contribution in [3.63, 3.8) is 0 Å². The molecule has 0 spiro atoms. The van der Waals surface area contributed by atoms with Gasteiger partial charge in [-0.3, -0.25) is 5.41 Å². The van der Waals surface area contributed by atoms with Crippen molar-refractivity contribution >= 4 is 43.5 Å². The standard InChI is InChI=1S/C8H5Br2N3/c9-4-2-1-3-5(6(4)10)8(12)13-7(3)11/h1-2H,(H3,11,12,13). The Labute approximate surface area is 91.8 Å². The van der Waals surface area contributed by atoms with Crippen molar-refractivity contribution in [2.75, 3.05) is 0 Å². The van der Waals surface area contributed by atoms with Crippen LogP contribution in [0.3, 0.4) is 0 Å². The molecule has 0 radical (unpaired) electrons. The Hall–Kier alpha value is -0.680. The number of nitrogens with one attached hydrogen (secondary N) is 1. The van der Waals surface area contributed by atoms with E-state index in [0.29, 0.717) is 5.84 Å². The van der Waals surface area contributed by atoms with Gasteiger partial charge in [0.15, 0.2) is 5.84 Å². The van der Waals surface area contributed by atoms with Crippen LogP contribution >= 0.6 is 31.9 Å². The lowest BCUT2D eigenvalue weighted by molar-refractivity contribution is 1.43. The predicted octanol–water partition coefficient (Wildman–Crippen LogP) is 2.26. The van der Waals surface area contributed by atoms with Crippen LogP contribution < -0.4 is 5.73 Å². The minimum absolute atomic E-state index is 0.209. The van der Waals surface area contributed by atoms with E-state index in [0.717, 1.165) is 20.1 Å². The summed E-state index contributed by atoms with van der Waals surface area (Å²) in [5.41, 5.74) is 7.20. The molecule has 0 saturated heterocycles. The molecule has 66 valence electrons. The number of fused-ring (bicyclic) bond motifs is 1. The number of nitrogens with two attached hydrogens (primary N) is 1. The number of nitrogens with zero attached hydrogens (tertiary/aromatic N) is 1. The van der Waals surface area contributed by atoms with Gasteiger partial charge in [-0.05, 0) is 44.0 Å². The number of hydrogen-bond acceptors (Lipinski definition) is 2. The molecule has 0 saturated carbocycles. The lowest BCUT2D eigenvalue weighted by Crippen LogP contribution is -2.10. The first-order valence-corrected chi connectivity index (χ1v) is 5.11. The number of aliphatic imine (C=N–C) groups is 1. The Morgan fingerprint density at radius 3 is 2.69 bits per heavy atom. The van der Waals surface area contributed by atoms with E-state index in [1.807, 2.05) is 12.1 Å². The van der Waals surface area contributed by atoms with Crippen LogP contribution in [0.5, 0.6) is 0 Å². The Kier molecular flexibility index (Phi) is 2.00. The largest absolute Gasteiger partial charge is 0.383 e. The molecule has 0 aliphatic carbocycles. The van der Waals surface area contributed by atoms with Gasteiger partial charge in [0.2, 0.25) is 0 Å². The second kappa shape index (κ2) is 2.92. The molecule has 0 amide bonds. The average Bonchev–Trinajstić information content (AvgIpc) is 2.35. The summed E-state index contributed by atoms with van der Waals surface area (Å²) in [6.45, 7) is 0. The highest BCUT2D eigenvalue weighted by Crippen LogP contribution is 2.32. The Morgan fingerprint density at radius 2 is 2.00 bits per heavy atom. The third-order valence-electron chi connectivity index (χ3n) is 1.84. The highest BCUT2D eigenvalue weighted by Gasteiger charge is 2.22. The average molecular weight is 303 g/mol. The van der Waals surface area contributed by atoms with E-state index in [4.69, 9.17) is 11.1 Å². The summed E-state index contributed by atoms with van der Waals surface area (Å²) in [5, 5.41) is 7.58. The SMILES string of the molecule is N=C1N=C(N)c2ccc(Br)c(Br)c21. The molecule has 2 rings (SSSR count). The second-order valence-electron chi connectivity index (χ2n) is 2.63. The van der Waals surface area contributed by atoms with Crippen molar-refractivity contribution in [3.05, 3.63) is 32.2 Å². The van der Waals surface area contributed by atoms with Crippen molar-refractivity contribution in [2.45, 2.75) is 0 Å². The van der Waals surface area contributed by atoms with Crippen LogP contribution in [0.2, 0.25) is 0 Å². The minimum Gasteiger partial charge on any atom is -0.383 e. The number of amidine groups is 2.